The van der Waals surface area contributed by atoms with Gasteiger partial charge in [-0.15, -0.1) is 11.3 Å². The summed E-state index contributed by atoms with van der Waals surface area (Å²) >= 11 is 1.54. The minimum absolute atomic E-state index is 0.0443. The summed E-state index contributed by atoms with van der Waals surface area (Å²) in [6, 6.07) is 13.7. The van der Waals surface area contributed by atoms with Crippen LogP contribution in [0.4, 0.5) is 13.2 Å². The summed E-state index contributed by atoms with van der Waals surface area (Å²) in [6.45, 7) is 6.99. The lowest BCUT2D eigenvalue weighted by Crippen LogP contribution is -2.52. The van der Waals surface area contributed by atoms with Crippen molar-refractivity contribution in [3.8, 4) is 32.8 Å². The van der Waals surface area contributed by atoms with Gasteiger partial charge in [-0.3, -0.25) is 4.79 Å². The lowest BCUT2D eigenvalue weighted by molar-refractivity contribution is -0.204. The Balaban J connectivity index is 1.42. The van der Waals surface area contributed by atoms with Crippen molar-refractivity contribution >= 4 is 23.3 Å². The van der Waals surface area contributed by atoms with Gasteiger partial charge in [-0.05, 0) is 61.6 Å². The zero-order chi connectivity index (χ0) is 29.0. The van der Waals surface area contributed by atoms with E-state index in [0.29, 0.717) is 24.3 Å². The molecule has 4 rings (SSSR count). The molecule has 7 nitrogen and oxygen atoms in total. The number of alkyl halides is 3. The van der Waals surface area contributed by atoms with Gasteiger partial charge < -0.3 is 14.4 Å². The summed E-state index contributed by atoms with van der Waals surface area (Å²) in [6.07, 6.45) is -1.93. The molecule has 0 amide bonds. The SMILES string of the molecule is CCc1c(CCN2CC(C(=O)OC(=O)C(F)(F)F)C2)cccc1-c1cnc(-c2ccc(OC(C)C)c(C#N)c2)s1. The van der Waals surface area contributed by atoms with Crippen LogP contribution >= 0.6 is 11.3 Å². The first-order chi connectivity index (χ1) is 19.0. The number of benzene rings is 2. The monoisotopic (exact) mass is 571 g/mol. The highest BCUT2D eigenvalue weighted by atomic mass is 32.1. The van der Waals surface area contributed by atoms with Crippen molar-refractivity contribution in [3.63, 3.8) is 0 Å². The molecule has 0 bridgehead atoms. The van der Waals surface area contributed by atoms with Gasteiger partial charge in [0.2, 0.25) is 0 Å². The number of halogens is 3. The summed E-state index contributed by atoms with van der Waals surface area (Å²) in [5.41, 5.74) is 4.66. The summed E-state index contributed by atoms with van der Waals surface area (Å²) in [5, 5.41) is 10.4. The van der Waals surface area contributed by atoms with E-state index in [1.165, 1.54) is 16.9 Å². The van der Waals surface area contributed by atoms with Crippen LogP contribution in [0.25, 0.3) is 21.0 Å². The molecular weight excluding hydrogens is 543 g/mol. The molecule has 0 unspecified atom stereocenters. The van der Waals surface area contributed by atoms with Crippen LogP contribution in [0, 0.1) is 17.2 Å². The first-order valence-corrected chi connectivity index (χ1v) is 13.6. The molecule has 0 aliphatic carbocycles. The molecule has 0 saturated carbocycles. The van der Waals surface area contributed by atoms with Gasteiger partial charge >= 0.3 is 18.1 Å². The van der Waals surface area contributed by atoms with Gasteiger partial charge in [-0.25, -0.2) is 9.78 Å². The molecule has 210 valence electrons. The van der Waals surface area contributed by atoms with Crippen LogP contribution in [0.2, 0.25) is 0 Å². The van der Waals surface area contributed by atoms with Crippen molar-refractivity contribution < 1.29 is 32.2 Å². The minimum Gasteiger partial charge on any atom is -0.490 e. The van der Waals surface area contributed by atoms with Crippen molar-refractivity contribution in [1.29, 1.82) is 5.26 Å². The van der Waals surface area contributed by atoms with Gasteiger partial charge in [0, 0.05) is 31.4 Å². The van der Waals surface area contributed by atoms with Gasteiger partial charge in [0.25, 0.3) is 0 Å². The topological polar surface area (TPSA) is 92.5 Å². The van der Waals surface area contributed by atoms with E-state index in [9.17, 15) is 28.0 Å². The molecule has 1 aliphatic rings. The molecule has 1 fully saturated rings. The largest absolute Gasteiger partial charge is 0.491 e. The number of nitrogens with zero attached hydrogens (tertiary/aromatic N) is 3. The second-order valence-corrected chi connectivity index (χ2v) is 10.8. The van der Waals surface area contributed by atoms with Crippen LogP contribution in [-0.4, -0.2) is 53.7 Å². The molecule has 0 atom stereocenters. The maximum absolute atomic E-state index is 12.3. The van der Waals surface area contributed by atoms with E-state index in [0.717, 1.165) is 33.0 Å². The van der Waals surface area contributed by atoms with E-state index < -0.39 is 24.0 Å². The van der Waals surface area contributed by atoms with Crippen molar-refractivity contribution in [1.82, 2.24) is 9.88 Å². The Morgan fingerprint density at radius 2 is 1.98 bits per heavy atom. The van der Waals surface area contributed by atoms with Gasteiger partial charge in [0.05, 0.1) is 22.5 Å². The molecule has 11 heteroatoms. The number of carbonyl (C=O) groups is 2. The summed E-state index contributed by atoms with van der Waals surface area (Å²) < 4.78 is 46.6. The fourth-order valence-corrected chi connectivity index (χ4v) is 5.53. The van der Waals surface area contributed by atoms with Crippen LogP contribution in [0.3, 0.4) is 0 Å². The zero-order valence-corrected chi connectivity index (χ0v) is 23.1. The molecule has 2 heterocycles. The lowest BCUT2D eigenvalue weighted by Gasteiger charge is -2.37. The molecule has 0 radical (unpaired) electrons. The molecular formula is C29H28F3N3O4S. The van der Waals surface area contributed by atoms with Crippen LogP contribution in [0.15, 0.2) is 42.6 Å². The van der Waals surface area contributed by atoms with Gasteiger partial charge in [-0.2, -0.15) is 18.4 Å². The molecule has 0 N–H and O–H groups in total. The first-order valence-electron chi connectivity index (χ1n) is 12.8. The average Bonchev–Trinajstić information content (AvgIpc) is 3.37. The average molecular weight is 572 g/mol. The van der Waals surface area contributed by atoms with E-state index in [1.807, 2.05) is 49.2 Å². The zero-order valence-electron chi connectivity index (χ0n) is 22.2. The number of thiazole rings is 1. The Bertz CT molecular complexity index is 1440. The predicted molar refractivity (Wildman–Crippen MR) is 144 cm³/mol. The molecule has 1 aromatic heterocycles. The van der Waals surface area contributed by atoms with E-state index in [2.05, 4.69) is 22.7 Å². The number of likely N-dealkylation sites (tertiary alicyclic amines) is 1. The maximum atomic E-state index is 12.3. The number of esters is 2. The highest BCUT2D eigenvalue weighted by Gasteiger charge is 2.44. The molecule has 2 aromatic carbocycles. The Morgan fingerprint density at radius 3 is 2.62 bits per heavy atom. The van der Waals surface area contributed by atoms with Crippen LogP contribution < -0.4 is 4.74 Å². The molecule has 0 spiro atoms. The molecule has 3 aromatic rings. The van der Waals surface area contributed by atoms with Crippen LogP contribution in [0.1, 0.15) is 37.5 Å². The minimum atomic E-state index is -5.19. The van der Waals surface area contributed by atoms with Gasteiger partial charge in [-0.1, -0.05) is 25.1 Å². The standard InChI is InChI=1S/C29H28F3N3O4S/c1-4-22-18(10-11-35-15-21(16-35)27(36)39-28(37)29(30,31)32)6-5-7-23(22)25-14-34-26(40-25)19-8-9-24(38-17(2)3)20(12-19)13-33/h5-9,12,14,17,21H,4,10-11,15-16H2,1-3H3. The van der Waals surface area contributed by atoms with Crippen molar-refractivity contribution in [2.24, 2.45) is 5.92 Å². The summed E-state index contributed by atoms with van der Waals surface area (Å²) in [4.78, 5) is 30.2. The van der Waals surface area contributed by atoms with Crippen LogP contribution in [0.5, 0.6) is 5.75 Å². The Morgan fingerprint density at radius 1 is 1.23 bits per heavy atom. The molecule has 1 saturated heterocycles. The fourth-order valence-electron chi connectivity index (χ4n) is 4.57. The smallest absolute Gasteiger partial charge is 0.490 e. The van der Waals surface area contributed by atoms with Gasteiger partial charge in [0.1, 0.15) is 16.8 Å². The third kappa shape index (κ3) is 6.69. The van der Waals surface area contributed by atoms with Gasteiger partial charge in [0.15, 0.2) is 0 Å². The normalized spacial score (nSPS) is 14.1. The lowest BCUT2D eigenvalue weighted by atomic mass is 9.94. The quantitative estimate of drug-likeness (QED) is 0.237. The van der Waals surface area contributed by atoms with Crippen molar-refractivity contribution in [3.05, 3.63) is 59.3 Å². The Labute approximate surface area is 234 Å². The predicted octanol–water partition coefficient (Wildman–Crippen LogP) is 5.80. The van der Waals surface area contributed by atoms with E-state index in [-0.39, 0.29) is 19.2 Å². The van der Waals surface area contributed by atoms with Crippen molar-refractivity contribution in [2.75, 3.05) is 19.6 Å². The number of hydrogen-bond donors (Lipinski definition) is 0. The van der Waals surface area contributed by atoms with E-state index in [1.54, 1.807) is 12.1 Å². The third-order valence-electron chi connectivity index (χ3n) is 6.52. The number of aromatic nitrogens is 1. The van der Waals surface area contributed by atoms with E-state index >= 15 is 0 Å². The molecule has 1 aliphatic heterocycles. The van der Waals surface area contributed by atoms with E-state index in [4.69, 9.17) is 4.74 Å². The highest BCUT2D eigenvalue weighted by molar-refractivity contribution is 7.18. The molecule has 40 heavy (non-hydrogen) atoms. The maximum Gasteiger partial charge on any atom is 0.491 e. The second-order valence-electron chi connectivity index (χ2n) is 9.73. The summed E-state index contributed by atoms with van der Waals surface area (Å²) in [7, 11) is 0. The van der Waals surface area contributed by atoms with Crippen molar-refractivity contribution in [2.45, 2.75) is 45.9 Å². The Kier molecular flexibility index (Phi) is 8.91. The number of hydrogen-bond acceptors (Lipinski definition) is 8. The Hall–Kier alpha value is -3.75. The summed E-state index contributed by atoms with van der Waals surface area (Å²) in [5.74, 6) is -3.82. The number of nitriles is 1. The number of ether oxygens (including phenoxy) is 2. The fraction of sp³-hybridized carbons (Fsp3) is 0.379. The first kappa shape index (κ1) is 29.2. The third-order valence-corrected chi connectivity index (χ3v) is 7.60. The van der Waals surface area contributed by atoms with Crippen LogP contribution in [-0.2, 0) is 27.2 Å². The second kappa shape index (κ2) is 12.2. The highest BCUT2D eigenvalue weighted by Crippen LogP contribution is 2.37. The number of carbonyl (C=O) groups excluding carboxylic acids is 2. The number of rotatable bonds is 9.